The number of ketones is 1. The first-order chi connectivity index (χ1) is 8.74. The number of benzene rings is 1. The van der Waals surface area contributed by atoms with E-state index < -0.39 is 0 Å². The summed E-state index contributed by atoms with van der Waals surface area (Å²) in [5.41, 5.74) is 0.649. The van der Waals surface area contributed by atoms with Gasteiger partial charge < -0.3 is 9.47 Å². The van der Waals surface area contributed by atoms with Gasteiger partial charge in [-0.1, -0.05) is 0 Å². The molecule has 0 bridgehead atoms. The highest BCUT2D eigenvalue weighted by atomic mass is 32.2. The Morgan fingerprint density at radius 2 is 2.33 bits per heavy atom. The first kappa shape index (κ1) is 13.3. The molecule has 0 fully saturated rings. The van der Waals surface area contributed by atoms with E-state index in [0.29, 0.717) is 23.5 Å². The maximum Gasteiger partial charge on any atom is 0.170 e. The summed E-state index contributed by atoms with van der Waals surface area (Å²) in [4.78, 5) is 12.1. The molecule has 0 N–H and O–H groups in total. The van der Waals surface area contributed by atoms with Crippen molar-refractivity contribution in [2.24, 2.45) is 0 Å². The summed E-state index contributed by atoms with van der Waals surface area (Å²) >= 11 is 1.82. The molecule has 1 aromatic carbocycles. The van der Waals surface area contributed by atoms with E-state index in [0.717, 1.165) is 18.6 Å². The fraction of sp³-hybridized carbons (Fsp3) is 0.500. The highest BCUT2D eigenvalue weighted by Crippen LogP contribution is 2.32. The van der Waals surface area contributed by atoms with Gasteiger partial charge in [0.1, 0.15) is 17.6 Å². The maximum absolute atomic E-state index is 12.1. The summed E-state index contributed by atoms with van der Waals surface area (Å²) < 4.78 is 11.0. The number of hydrogen-bond acceptors (Lipinski definition) is 4. The number of thioether (sulfide) groups is 1. The van der Waals surface area contributed by atoms with Crippen LogP contribution < -0.4 is 9.47 Å². The number of Topliss-reactive ketones (excluding diaryl/α,β-unsaturated/α-hetero) is 1. The molecule has 0 aliphatic carbocycles. The van der Waals surface area contributed by atoms with Gasteiger partial charge >= 0.3 is 0 Å². The zero-order valence-corrected chi connectivity index (χ0v) is 11.6. The van der Waals surface area contributed by atoms with Crippen LogP contribution in [0.5, 0.6) is 11.5 Å². The summed E-state index contributed by atoms with van der Waals surface area (Å²) in [6.45, 7) is 0. The molecule has 2 rings (SSSR count). The van der Waals surface area contributed by atoms with Crippen molar-refractivity contribution in [2.45, 2.75) is 25.4 Å². The third-order valence-electron chi connectivity index (χ3n) is 3.07. The predicted molar refractivity (Wildman–Crippen MR) is 74.0 cm³/mol. The molecule has 0 spiro atoms. The molecule has 98 valence electrons. The summed E-state index contributed by atoms with van der Waals surface area (Å²) in [7, 11) is 1.60. The number of carbonyl (C=O) groups excluding carboxylic acids is 1. The van der Waals surface area contributed by atoms with Gasteiger partial charge in [-0.15, -0.1) is 0 Å². The Morgan fingerprint density at radius 1 is 1.50 bits per heavy atom. The van der Waals surface area contributed by atoms with Crippen LogP contribution in [-0.2, 0) is 0 Å². The number of fused-ring (bicyclic) bond motifs is 1. The molecule has 0 amide bonds. The molecule has 1 aliphatic heterocycles. The van der Waals surface area contributed by atoms with Gasteiger partial charge in [0, 0.05) is 6.42 Å². The van der Waals surface area contributed by atoms with Crippen LogP contribution in [0.2, 0.25) is 0 Å². The van der Waals surface area contributed by atoms with E-state index in [1.807, 2.05) is 23.9 Å². The molecule has 0 aromatic heterocycles. The van der Waals surface area contributed by atoms with Crippen LogP contribution in [0.1, 0.15) is 29.6 Å². The van der Waals surface area contributed by atoms with Gasteiger partial charge in [-0.3, -0.25) is 4.79 Å². The van der Waals surface area contributed by atoms with Crippen LogP contribution in [-0.4, -0.2) is 31.0 Å². The second-order valence-corrected chi connectivity index (χ2v) is 5.35. The number of carbonyl (C=O) groups is 1. The van der Waals surface area contributed by atoms with Gasteiger partial charge in [-0.05, 0) is 43.0 Å². The van der Waals surface area contributed by atoms with E-state index in [-0.39, 0.29) is 11.9 Å². The monoisotopic (exact) mass is 266 g/mol. The largest absolute Gasteiger partial charge is 0.497 e. The predicted octanol–water partition coefficient (Wildman–Crippen LogP) is 3.17. The van der Waals surface area contributed by atoms with E-state index in [2.05, 4.69) is 6.26 Å². The molecule has 0 saturated heterocycles. The normalized spacial score (nSPS) is 18.1. The Bertz CT molecular complexity index is 431. The summed E-state index contributed by atoms with van der Waals surface area (Å²) in [5.74, 6) is 2.67. The Labute approximate surface area is 112 Å². The second-order valence-electron chi connectivity index (χ2n) is 4.36. The quantitative estimate of drug-likeness (QED) is 0.767. The molecule has 0 saturated carbocycles. The third-order valence-corrected chi connectivity index (χ3v) is 3.77. The molecule has 1 aromatic rings. The zero-order valence-electron chi connectivity index (χ0n) is 10.8. The van der Waals surface area contributed by atoms with E-state index >= 15 is 0 Å². The average Bonchev–Trinajstić information content (AvgIpc) is 2.39. The SMILES string of the molecule is COc1ccc2c(c1)C(=O)CC(CCCSC)O2. The molecule has 1 heterocycles. The first-order valence-corrected chi connectivity index (χ1v) is 7.51. The lowest BCUT2D eigenvalue weighted by Gasteiger charge is -2.25. The Morgan fingerprint density at radius 3 is 3.06 bits per heavy atom. The average molecular weight is 266 g/mol. The van der Waals surface area contributed by atoms with Gasteiger partial charge in [0.05, 0.1) is 12.7 Å². The van der Waals surface area contributed by atoms with Gasteiger partial charge in [0.25, 0.3) is 0 Å². The summed E-state index contributed by atoms with van der Waals surface area (Å²) in [6, 6.07) is 5.42. The highest BCUT2D eigenvalue weighted by Gasteiger charge is 2.26. The first-order valence-electron chi connectivity index (χ1n) is 6.11. The van der Waals surface area contributed by atoms with Crippen LogP contribution in [0.15, 0.2) is 18.2 Å². The molecule has 1 aliphatic rings. The molecule has 1 unspecified atom stereocenters. The van der Waals surface area contributed by atoms with E-state index in [4.69, 9.17) is 9.47 Å². The van der Waals surface area contributed by atoms with Crippen LogP contribution in [0.3, 0.4) is 0 Å². The van der Waals surface area contributed by atoms with Gasteiger partial charge in [-0.2, -0.15) is 11.8 Å². The summed E-state index contributed by atoms with van der Waals surface area (Å²) in [6.07, 6.45) is 4.64. The van der Waals surface area contributed by atoms with Crippen LogP contribution in [0.25, 0.3) is 0 Å². The lowest BCUT2D eigenvalue weighted by molar-refractivity contribution is 0.0838. The van der Waals surface area contributed by atoms with E-state index in [1.165, 1.54) is 0 Å². The molecule has 3 nitrogen and oxygen atoms in total. The lowest BCUT2D eigenvalue weighted by atomic mass is 9.98. The van der Waals surface area contributed by atoms with Crippen molar-refractivity contribution in [3.8, 4) is 11.5 Å². The number of ether oxygens (including phenoxy) is 2. The fourth-order valence-corrected chi connectivity index (χ4v) is 2.57. The molecule has 18 heavy (non-hydrogen) atoms. The van der Waals surface area contributed by atoms with Crippen molar-refractivity contribution in [2.75, 3.05) is 19.1 Å². The Hall–Kier alpha value is -1.16. The van der Waals surface area contributed by atoms with Crippen molar-refractivity contribution in [1.82, 2.24) is 0 Å². The number of hydrogen-bond donors (Lipinski definition) is 0. The van der Waals surface area contributed by atoms with Gasteiger partial charge in [0.2, 0.25) is 0 Å². The van der Waals surface area contributed by atoms with Crippen LogP contribution in [0.4, 0.5) is 0 Å². The van der Waals surface area contributed by atoms with Crippen LogP contribution in [0, 0.1) is 0 Å². The molecule has 1 atom stereocenters. The Balaban J connectivity index is 2.07. The fourth-order valence-electron chi connectivity index (χ4n) is 2.11. The summed E-state index contributed by atoms with van der Waals surface area (Å²) in [5, 5.41) is 0. The maximum atomic E-state index is 12.1. The minimum atomic E-state index is 0.0329. The second kappa shape index (κ2) is 6.14. The lowest BCUT2D eigenvalue weighted by Crippen LogP contribution is -2.27. The van der Waals surface area contributed by atoms with Crippen LogP contribution >= 0.6 is 11.8 Å². The molecule has 0 radical (unpaired) electrons. The number of rotatable bonds is 5. The smallest absolute Gasteiger partial charge is 0.170 e. The third kappa shape index (κ3) is 2.99. The highest BCUT2D eigenvalue weighted by molar-refractivity contribution is 7.98. The zero-order chi connectivity index (χ0) is 13.0. The topological polar surface area (TPSA) is 35.5 Å². The van der Waals surface area contributed by atoms with Crippen molar-refractivity contribution < 1.29 is 14.3 Å². The van der Waals surface area contributed by atoms with Crippen molar-refractivity contribution in [3.63, 3.8) is 0 Å². The van der Waals surface area contributed by atoms with Crippen molar-refractivity contribution in [1.29, 1.82) is 0 Å². The minimum absolute atomic E-state index is 0.0329. The van der Waals surface area contributed by atoms with Crippen molar-refractivity contribution in [3.05, 3.63) is 23.8 Å². The molecule has 4 heteroatoms. The standard InChI is InChI=1S/C14H18O3S/c1-16-10-5-6-14-12(8-10)13(15)9-11(17-14)4-3-7-18-2/h5-6,8,11H,3-4,7,9H2,1-2H3. The molecular weight excluding hydrogens is 248 g/mol. The van der Waals surface area contributed by atoms with Gasteiger partial charge in [-0.25, -0.2) is 0 Å². The minimum Gasteiger partial charge on any atom is -0.497 e. The van der Waals surface area contributed by atoms with Crippen molar-refractivity contribution >= 4 is 17.5 Å². The number of methoxy groups -OCH3 is 1. The van der Waals surface area contributed by atoms with E-state index in [9.17, 15) is 4.79 Å². The van der Waals surface area contributed by atoms with Gasteiger partial charge in [0.15, 0.2) is 5.78 Å². The molecular formula is C14H18O3S. The van der Waals surface area contributed by atoms with E-state index in [1.54, 1.807) is 13.2 Å². The Kier molecular flexibility index (Phi) is 4.53.